The van der Waals surface area contributed by atoms with Gasteiger partial charge in [-0.3, -0.25) is 9.90 Å². The highest BCUT2D eigenvalue weighted by Crippen LogP contribution is 2.21. The van der Waals surface area contributed by atoms with E-state index in [-0.39, 0.29) is 0 Å². The van der Waals surface area contributed by atoms with Crippen LogP contribution in [-0.4, -0.2) is 20.3 Å². The molecule has 3 nitrogen and oxygen atoms in total. The summed E-state index contributed by atoms with van der Waals surface area (Å²) in [5, 5.41) is 1.95. The van der Waals surface area contributed by atoms with Crippen molar-refractivity contribution >= 4 is 5.69 Å². The molecular weight excluding hydrogens is 178 g/mol. The number of ether oxygens (including phenoxy) is 1. The number of hydrogen-bond donors (Lipinski definition) is 0. The van der Waals surface area contributed by atoms with Gasteiger partial charge in [0.25, 0.3) is 0 Å². The van der Waals surface area contributed by atoms with Crippen LogP contribution in [0.1, 0.15) is 12.8 Å². The lowest BCUT2D eigenvalue weighted by Gasteiger charge is -2.27. The fourth-order valence-corrected chi connectivity index (χ4v) is 1.55. The second-order valence-electron chi connectivity index (χ2n) is 3.34. The second-order valence-corrected chi connectivity index (χ2v) is 3.34. The molecule has 0 N–H and O–H groups in total. The third-order valence-electron chi connectivity index (χ3n) is 2.36. The van der Waals surface area contributed by atoms with Crippen molar-refractivity contribution in [3.8, 4) is 5.75 Å². The first kappa shape index (κ1) is 9.34. The summed E-state index contributed by atoms with van der Waals surface area (Å²) in [7, 11) is 1.67. The molecule has 0 aromatic heterocycles. The zero-order valence-electron chi connectivity index (χ0n) is 8.40. The third-order valence-corrected chi connectivity index (χ3v) is 2.36. The average Bonchev–Trinajstić information content (AvgIpc) is 2.30. The van der Waals surface area contributed by atoms with Gasteiger partial charge in [-0.15, -0.1) is 0 Å². The summed E-state index contributed by atoms with van der Waals surface area (Å²) in [6, 6.07) is 7.94. The summed E-state index contributed by atoms with van der Waals surface area (Å²) in [6.07, 6.45) is 2.36. The number of benzene rings is 1. The van der Waals surface area contributed by atoms with Crippen LogP contribution in [-0.2, 0) is 4.84 Å². The Bertz CT molecular complexity index is 278. The molecule has 76 valence electrons. The molecule has 0 bridgehead atoms. The van der Waals surface area contributed by atoms with Crippen molar-refractivity contribution in [1.82, 2.24) is 0 Å². The van der Waals surface area contributed by atoms with E-state index >= 15 is 0 Å². The Kier molecular flexibility index (Phi) is 2.89. The molecule has 1 aliphatic rings. The van der Waals surface area contributed by atoms with E-state index < -0.39 is 0 Å². The van der Waals surface area contributed by atoms with Gasteiger partial charge in [0.05, 0.1) is 19.4 Å². The normalized spacial score (nSPS) is 16.8. The van der Waals surface area contributed by atoms with Gasteiger partial charge in [-0.2, -0.15) is 0 Å². The predicted molar refractivity (Wildman–Crippen MR) is 55.5 cm³/mol. The van der Waals surface area contributed by atoms with Gasteiger partial charge in [-0.05, 0) is 37.1 Å². The molecule has 0 atom stereocenters. The van der Waals surface area contributed by atoms with E-state index in [4.69, 9.17) is 9.57 Å². The van der Waals surface area contributed by atoms with E-state index in [1.807, 2.05) is 29.3 Å². The Labute approximate surface area is 84.2 Å². The standard InChI is InChI=1S/C11H15NO2/c1-13-11-6-4-10(5-7-11)12-8-2-3-9-14-12/h4-7H,2-3,8-9H2,1H3. The topological polar surface area (TPSA) is 21.7 Å². The van der Waals surface area contributed by atoms with E-state index in [2.05, 4.69) is 0 Å². The molecule has 0 unspecified atom stereocenters. The number of hydroxylamine groups is 1. The van der Waals surface area contributed by atoms with Gasteiger partial charge >= 0.3 is 0 Å². The zero-order valence-corrected chi connectivity index (χ0v) is 8.40. The molecule has 1 saturated heterocycles. The third kappa shape index (κ3) is 1.99. The largest absolute Gasteiger partial charge is 0.497 e. The summed E-state index contributed by atoms with van der Waals surface area (Å²) in [4.78, 5) is 5.53. The van der Waals surface area contributed by atoms with Gasteiger partial charge in [0, 0.05) is 6.54 Å². The van der Waals surface area contributed by atoms with Gasteiger partial charge in [-0.25, -0.2) is 0 Å². The fourth-order valence-electron chi connectivity index (χ4n) is 1.55. The van der Waals surface area contributed by atoms with Gasteiger partial charge in [0.1, 0.15) is 5.75 Å². The molecule has 3 heteroatoms. The Morgan fingerprint density at radius 1 is 1.21 bits per heavy atom. The highest BCUT2D eigenvalue weighted by molar-refractivity contribution is 5.47. The monoisotopic (exact) mass is 193 g/mol. The predicted octanol–water partition coefficient (Wildman–Crippen LogP) is 2.23. The first-order valence-electron chi connectivity index (χ1n) is 4.94. The molecule has 0 aliphatic carbocycles. The molecule has 1 heterocycles. The lowest BCUT2D eigenvalue weighted by Crippen LogP contribution is -2.29. The molecule has 0 saturated carbocycles. The molecule has 14 heavy (non-hydrogen) atoms. The molecule has 2 rings (SSSR count). The lowest BCUT2D eigenvalue weighted by atomic mass is 10.2. The van der Waals surface area contributed by atoms with Gasteiger partial charge < -0.3 is 4.74 Å². The SMILES string of the molecule is COc1ccc(N2CCCCO2)cc1. The highest BCUT2D eigenvalue weighted by Gasteiger charge is 2.11. The van der Waals surface area contributed by atoms with E-state index in [9.17, 15) is 0 Å². The summed E-state index contributed by atoms with van der Waals surface area (Å²) in [6.45, 7) is 1.80. The maximum Gasteiger partial charge on any atom is 0.119 e. The van der Waals surface area contributed by atoms with Crippen LogP contribution in [0.25, 0.3) is 0 Å². The van der Waals surface area contributed by atoms with Crippen molar-refractivity contribution in [1.29, 1.82) is 0 Å². The minimum atomic E-state index is 0.825. The van der Waals surface area contributed by atoms with Gasteiger partial charge in [0.2, 0.25) is 0 Å². The molecule has 0 spiro atoms. The molecule has 1 aliphatic heterocycles. The number of rotatable bonds is 2. The van der Waals surface area contributed by atoms with Crippen LogP contribution in [0.3, 0.4) is 0 Å². The molecule has 1 aromatic carbocycles. The summed E-state index contributed by atoms with van der Waals surface area (Å²) >= 11 is 0. The summed E-state index contributed by atoms with van der Waals surface area (Å²) < 4.78 is 5.10. The highest BCUT2D eigenvalue weighted by atomic mass is 16.7. The minimum absolute atomic E-state index is 0.825. The van der Waals surface area contributed by atoms with Crippen molar-refractivity contribution in [3.05, 3.63) is 24.3 Å². The Balaban J connectivity index is 2.07. The van der Waals surface area contributed by atoms with Crippen LogP contribution >= 0.6 is 0 Å². The van der Waals surface area contributed by atoms with E-state index in [0.29, 0.717) is 0 Å². The molecule has 1 fully saturated rings. The van der Waals surface area contributed by atoms with Gasteiger partial charge in [-0.1, -0.05) is 0 Å². The van der Waals surface area contributed by atoms with Crippen LogP contribution in [0.4, 0.5) is 5.69 Å². The first-order valence-corrected chi connectivity index (χ1v) is 4.94. The molecular formula is C11H15NO2. The van der Waals surface area contributed by atoms with E-state index in [0.717, 1.165) is 31.0 Å². The Hall–Kier alpha value is -1.22. The maximum atomic E-state index is 5.53. The number of hydrogen-bond acceptors (Lipinski definition) is 3. The van der Waals surface area contributed by atoms with Crippen LogP contribution in [0.15, 0.2) is 24.3 Å². The maximum absolute atomic E-state index is 5.53. The van der Waals surface area contributed by atoms with Crippen molar-refractivity contribution in [3.63, 3.8) is 0 Å². The second kappa shape index (κ2) is 4.33. The number of methoxy groups -OCH3 is 1. The Morgan fingerprint density at radius 3 is 2.57 bits per heavy atom. The summed E-state index contributed by atoms with van der Waals surface area (Å²) in [5.41, 5.74) is 1.10. The molecule has 1 aromatic rings. The van der Waals surface area contributed by atoms with Crippen molar-refractivity contribution in [2.24, 2.45) is 0 Å². The number of nitrogens with zero attached hydrogens (tertiary/aromatic N) is 1. The quantitative estimate of drug-likeness (QED) is 0.719. The first-order chi connectivity index (χ1) is 6.90. The van der Waals surface area contributed by atoms with Crippen molar-refractivity contribution < 1.29 is 9.57 Å². The molecule has 0 amide bonds. The van der Waals surface area contributed by atoms with Crippen molar-refractivity contribution in [2.45, 2.75) is 12.8 Å². The Morgan fingerprint density at radius 2 is 2.00 bits per heavy atom. The van der Waals surface area contributed by atoms with Crippen LogP contribution in [0.5, 0.6) is 5.75 Å². The zero-order chi connectivity index (χ0) is 9.80. The van der Waals surface area contributed by atoms with E-state index in [1.54, 1.807) is 7.11 Å². The van der Waals surface area contributed by atoms with Gasteiger partial charge in [0.15, 0.2) is 0 Å². The minimum Gasteiger partial charge on any atom is -0.497 e. The van der Waals surface area contributed by atoms with Crippen LogP contribution in [0.2, 0.25) is 0 Å². The average molecular weight is 193 g/mol. The smallest absolute Gasteiger partial charge is 0.119 e. The van der Waals surface area contributed by atoms with E-state index in [1.165, 1.54) is 6.42 Å². The number of anilines is 1. The summed E-state index contributed by atoms with van der Waals surface area (Å²) in [5.74, 6) is 0.880. The van der Waals surface area contributed by atoms with Crippen molar-refractivity contribution in [2.75, 3.05) is 25.3 Å². The fraction of sp³-hybridized carbons (Fsp3) is 0.455. The van der Waals surface area contributed by atoms with Crippen LogP contribution in [0, 0.1) is 0 Å². The molecule has 0 radical (unpaired) electrons. The van der Waals surface area contributed by atoms with Crippen LogP contribution < -0.4 is 9.80 Å². The lowest BCUT2D eigenvalue weighted by molar-refractivity contribution is 0.0778.